The molecule has 0 saturated carbocycles. The Bertz CT molecular complexity index is 546. The number of para-hydroxylation sites is 1. The Hall–Kier alpha value is -1.88. The summed E-state index contributed by atoms with van der Waals surface area (Å²) in [5, 5.41) is 4.02. The van der Waals surface area contributed by atoms with E-state index in [0.29, 0.717) is 24.9 Å². The van der Waals surface area contributed by atoms with Crippen LogP contribution in [-0.2, 0) is 12.0 Å². The van der Waals surface area contributed by atoms with Crippen LogP contribution in [0.25, 0.3) is 0 Å². The molecule has 0 N–H and O–H groups in total. The Morgan fingerprint density at radius 1 is 1.19 bits per heavy atom. The van der Waals surface area contributed by atoms with E-state index in [9.17, 15) is 0 Å². The van der Waals surface area contributed by atoms with Gasteiger partial charge in [0.2, 0.25) is 5.89 Å². The lowest BCUT2D eigenvalue weighted by molar-refractivity contribution is 0.227. The summed E-state index contributed by atoms with van der Waals surface area (Å²) >= 11 is 0. The van der Waals surface area contributed by atoms with Crippen LogP contribution in [-0.4, -0.2) is 35.2 Å². The molecule has 0 unspecified atom stereocenters. The van der Waals surface area contributed by atoms with Crippen molar-refractivity contribution in [3.05, 3.63) is 42.0 Å². The highest BCUT2D eigenvalue weighted by molar-refractivity contribution is 5.20. The topological polar surface area (TPSA) is 51.4 Å². The van der Waals surface area contributed by atoms with Crippen molar-refractivity contribution in [1.82, 2.24) is 15.0 Å². The summed E-state index contributed by atoms with van der Waals surface area (Å²) in [4.78, 5) is 6.54. The van der Waals surface area contributed by atoms with Gasteiger partial charge in [-0.2, -0.15) is 4.98 Å². The molecule has 0 bridgehead atoms. The third kappa shape index (κ3) is 4.86. The second-order valence-electron chi connectivity index (χ2n) is 6.17. The fourth-order valence-corrected chi connectivity index (χ4v) is 1.78. The number of rotatable bonds is 6. The molecule has 0 aliphatic carbocycles. The molecule has 0 radical (unpaired) electrons. The molecule has 2 rings (SSSR count). The largest absolute Gasteiger partial charge is 0.492 e. The SMILES string of the molecule is CN(CCOc1ccccc1)Cc1noc(C(C)(C)C)n1. The van der Waals surface area contributed by atoms with Crippen molar-refractivity contribution in [3.63, 3.8) is 0 Å². The Labute approximate surface area is 125 Å². The molecular weight excluding hydrogens is 266 g/mol. The average Bonchev–Trinajstić information content (AvgIpc) is 2.88. The van der Waals surface area contributed by atoms with Crippen molar-refractivity contribution in [3.8, 4) is 5.75 Å². The quantitative estimate of drug-likeness (QED) is 0.818. The second-order valence-corrected chi connectivity index (χ2v) is 6.17. The van der Waals surface area contributed by atoms with Crippen molar-refractivity contribution in [2.75, 3.05) is 20.2 Å². The summed E-state index contributed by atoms with van der Waals surface area (Å²) in [5.41, 5.74) is -0.111. The van der Waals surface area contributed by atoms with Crippen LogP contribution in [0, 0.1) is 0 Å². The first-order valence-electron chi connectivity index (χ1n) is 7.14. The maximum atomic E-state index is 5.67. The van der Waals surface area contributed by atoms with Crippen molar-refractivity contribution < 1.29 is 9.26 Å². The highest BCUT2D eigenvalue weighted by atomic mass is 16.5. The first kappa shape index (κ1) is 15.5. The Morgan fingerprint density at radius 2 is 1.90 bits per heavy atom. The maximum absolute atomic E-state index is 5.67. The molecule has 1 aromatic carbocycles. The summed E-state index contributed by atoms with van der Waals surface area (Å²) in [6, 6.07) is 9.81. The fraction of sp³-hybridized carbons (Fsp3) is 0.500. The lowest BCUT2D eigenvalue weighted by Crippen LogP contribution is -2.24. The van der Waals surface area contributed by atoms with Crippen molar-refractivity contribution in [2.45, 2.75) is 32.7 Å². The van der Waals surface area contributed by atoms with Crippen molar-refractivity contribution >= 4 is 0 Å². The van der Waals surface area contributed by atoms with Gasteiger partial charge >= 0.3 is 0 Å². The predicted octanol–water partition coefficient (Wildman–Crippen LogP) is 2.88. The Kier molecular flexibility index (Phi) is 4.96. The van der Waals surface area contributed by atoms with Crippen LogP contribution in [0.5, 0.6) is 5.75 Å². The molecule has 5 nitrogen and oxygen atoms in total. The number of likely N-dealkylation sites (N-methyl/N-ethyl adjacent to an activating group) is 1. The molecule has 1 aromatic heterocycles. The highest BCUT2D eigenvalue weighted by Crippen LogP contribution is 2.19. The summed E-state index contributed by atoms with van der Waals surface area (Å²) in [7, 11) is 2.02. The van der Waals surface area contributed by atoms with Crippen LogP contribution in [0.15, 0.2) is 34.9 Å². The van der Waals surface area contributed by atoms with Crippen LogP contribution < -0.4 is 4.74 Å². The summed E-state index contributed by atoms with van der Waals surface area (Å²) in [6.07, 6.45) is 0. The van der Waals surface area contributed by atoms with Crippen LogP contribution in [0.2, 0.25) is 0 Å². The molecule has 0 fully saturated rings. The Morgan fingerprint density at radius 3 is 2.52 bits per heavy atom. The molecule has 5 heteroatoms. The predicted molar refractivity (Wildman–Crippen MR) is 81.3 cm³/mol. The molecule has 0 spiro atoms. The number of benzene rings is 1. The van der Waals surface area contributed by atoms with Gasteiger partial charge in [0.15, 0.2) is 5.82 Å². The van der Waals surface area contributed by atoms with Gasteiger partial charge in [-0.05, 0) is 19.2 Å². The van der Waals surface area contributed by atoms with Gasteiger partial charge in [-0.1, -0.05) is 44.1 Å². The van der Waals surface area contributed by atoms with E-state index in [2.05, 4.69) is 35.8 Å². The maximum Gasteiger partial charge on any atom is 0.232 e. The zero-order valence-electron chi connectivity index (χ0n) is 13.2. The molecule has 0 atom stereocenters. The molecule has 1 heterocycles. The normalized spacial score (nSPS) is 11.9. The minimum Gasteiger partial charge on any atom is -0.492 e. The van der Waals surface area contributed by atoms with Gasteiger partial charge in [0.05, 0.1) is 6.54 Å². The van der Waals surface area contributed by atoms with Gasteiger partial charge in [-0.25, -0.2) is 0 Å². The van der Waals surface area contributed by atoms with Gasteiger partial charge < -0.3 is 9.26 Å². The van der Waals surface area contributed by atoms with Crippen molar-refractivity contribution in [2.24, 2.45) is 0 Å². The van der Waals surface area contributed by atoms with Crippen LogP contribution in [0.3, 0.4) is 0 Å². The monoisotopic (exact) mass is 289 g/mol. The molecule has 21 heavy (non-hydrogen) atoms. The molecule has 2 aromatic rings. The number of nitrogens with zero attached hydrogens (tertiary/aromatic N) is 3. The average molecular weight is 289 g/mol. The first-order valence-corrected chi connectivity index (χ1v) is 7.14. The van der Waals surface area contributed by atoms with E-state index in [1.807, 2.05) is 37.4 Å². The second kappa shape index (κ2) is 6.72. The number of hydrogen-bond acceptors (Lipinski definition) is 5. The van der Waals surface area contributed by atoms with E-state index < -0.39 is 0 Å². The lowest BCUT2D eigenvalue weighted by Gasteiger charge is -2.15. The zero-order chi connectivity index (χ0) is 15.3. The zero-order valence-corrected chi connectivity index (χ0v) is 13.2. The summed E-state index contributed by atoms with van der Waals surface area (Å²) in [6.45, 7) is 8.25. The third-order valence-corrected chi connectivity index (χ3v) is 3.01. The van der Waals surface area contributed by atoms with E-state index >= 15 is 0 Å². The molecule has 0 aliphatic rings. The molecule has 0 saturated heterocycles. The van der Waals surface area contributed by atoms with E-state index in [-0.39, 0.29) is 5.41 Å². The van der Waals surface area contributed by atoms with E-state index in [1.165, 1.54) is 0 Å². The van der Waals surface area contributed by atoms with Crippen LogP contribution in [0.4, 0.5) is 0 Å². The van der Waals surface area contributed by atoms with Gasteiger partial charge in [0.25, 0.3) is 0 Å². The number of hydrogen-bond donors (Lipinski definition) is 0. The number of ether oxygens (including phenoxy) is 1. The van der Waals surface area contributed by atoms with Gasteiger partial charge in [0.1, 0.15) is 12.4 Å². The van der Waals surface area contributed by atoms with Crippen LogP contribution >= 0.6 is 0 Å². The molecular formula is C16H23N3O2. The fourth-order valence-electron chi connectivity index (χ4n) is 1.78. The van der Waals surface area contributed by atoms with E-state index in [4.69, 9.17) is 9.26 Å². The van der Waals surface area contributed by atoms with Gasteiger partial charge in [0, 0.05) is 12.0 Å². The van der Waals surface area contributed by atoms with E-state index in [0.717, 1.165) is 12.3 Å². The molecule has 114 valence electrons. The standard InChI is InChI=1S/C16H23N3O2/c1-16(2,3)15-17-14(18-21-15)12-19(4)10-11-20-13-8-6-5-7-9-13/h5-9H,10-12H2,1-4H3. The lowest BCUT2D eigenvalue weighted by atomic mass is 9.97. The molecule has 0 aliphatic heterocycles. The summed E-state index contributed by atoms with van der Waals surface area (Å²) < 4.78 is 11.0. The van der Waals surface area contributed by atoms with Crippen LogP contribution in [0.1, 0.15) is 32.5 Å². The Balaban J connectivity index is 1.77. The van der Waals surface area contributed by atoms with Crippen molar-refractivity contribution in [1.29, 1.82) is 0 Å². The number of aromatic nitrogens is 2. The minimum atomic E-state index is -0.111. The molecule has 0 amide bonds. The first-order chi connectivity index (χ1) is 9.95. The third-order valence-electron chi connectivity index (χ3n) is 3.01. The van der Waals surface area contributed by atoms with Gasteiger partial charge in [-0.3, -0.25) is 4.90 Å². The summed E-state index contributed by atoms with van der Waals surface area (Å²) in [5.74, 6) is 2.27. The smallest absolute Gasteiger partial charge is 0.232 e. The van der Waals surface area contributed by atoms with Gasteiger partial charge in [-0.15, -0.1) is 0 Å². The van der Waals surface area contributed by atoms with E-state index in [1.54, 1.807) is 0 Å². The highest BCUT2D eigenvalue weighted by Gasteiger charge is 2.21. The minimum absolute atomic E-state index is 0.111.